The minimum absolute atomic E-state index is 0.781. The topological polar surface area (TPSA) is 34.4 Å². The second kappa shape index (κ2) is 6.43. The van der Waals surface area contributed by atoms with Gasteiger partial charge in [-0.1, -0.05) is 6.92 Å². The lowest BCUT2D eigenvalue weighted by Crippen LogP contribution is -2.12. The zero-order valence-electron chi connectivity index (χ0n) is 11.8. The van der Waals surface area contributed by atoms with E-state index in [0.717, 1.165) is 47.9 Å². The highest BCUT2D eigenvalue weighted by atomic mass is 16.5. The second-order valence-electron chi connectivity index (χ2n) is 4.62. The number of ether oxygens (including phenoxy) is 1. The first-order chi connectivity index (χ1) is 9.24. The third kappa shape index (κ3) is 3.38. The van der Waals surface area contributed by atoms with E-state index >= 15 is 0 Å². The molecule has 0 aliphatic heterocycles. The maximum Gasteiger partial charge on any atom is 0.134 e. The summed E-state index contributed by atoms with van der Waals surface area (Å²) in [5.74, 6) is 2.75. The molecule has 102 valence electrons. The predicted molar refractivity (Wildman–Crippen MR) is 77.4 cm³/mol. The molecule has 0 fully saturated rings. The molecule has 0 radical (unpaired) electrons. The molecule has 0 aliphatic rings. The lowest BCUT2D eigenvalue weighted by Gasteiger charge is -2.06. The number of furan rings is 1. The van der Waals surface area contributed by atoms with Crippen LogP contribution in [-0.4, -0.2) is 13.7 Å². The summed E-state index contributed by atoms with van der Waals surface area (Å²) in [7, 11) is 1.68. The number of methoxy groups -OCH3 is 1. The quantitative estimate of drug-likeness (QED) is 0.802. The minimum Gasteiger partial charge on any atom is -0.497 e. The third-order valence-corrected chi connectivity index (χ3v) is 3.09. The van der Waals surface area contributed by atoms with Crippen molar-refractivity contribution in [3.05, 3.63) is 41.7 Å². The summed E-state index contributed by atoms with van der Waals surface area (Å²) < 4.78 is 11.1. The monoisotopic (exact) mass is 259 g/mol. The van der Waals surface area contributed by atoms with Gasteiger partial charge in [-0.2, -0.15) is 0 Å². The van der Waals surface area contributed by atoms with Crippen LogP contribution >= 0.6 is 0 Å². The van der Waals surface area contributed by atoms with E-state index in [0.29, 0.717) is 0 Å². The molecule has 0 atom stereocenters. The Morgan fingerprint density at radius 2 is 2.05 bits per heavy atom. The average Bonchev–Trinajstić information content (AvgIpc) is 2.87. The lowest BCUT2D eigenvalue weighted by molar-refractivity contribution is 0.414. The number of hydrogen-bond acceptors (Lipinski definition) is 3. The van der Waals surface area contributed by atoms with Crippen LogP contribution in [0, 0.1) is 6.92 Å². The van der Waals surface area contributed by atoms with Crippen LogP contribution in [-0.2, 0) is 6.54 Å². The number of hydrogen-bond donors (Lipinski definition) is 1. The van der Waals surface area contributed by atoms with E-state index in [1.807, 2.05) is 30.3 Å². The summed E-state index contributed by atoms with van der Waals surface area (Å²) in [4.78, 5) is 0. The average molecular weight is 259 g/mol. The van der Waals surface area contributed by atoms with Crippen molar-refractivity contribution in [2.24, 2.45) is 0 Å². The van der Waals surface area contributed by atoms with E-state index in [9.17, 15) is 0 Å². The molecule has 0 aliphatic carbocycles. The molecule has 1 aromatic carbocycles. The largest absolute Gasteiger partial charge is 0.497 e. The van der Waals surface area contributed by atoms with Crippen LogP contribution in [0.15, 0.2) is 34.7 Å². The van der Waals surface area contributed by atoms with E-state index in [2.05, 4.69) is 19.2 Å². The van der Waals surface area contributed by atoms with Gasteiger partial charge < -0.3 is 14.5 Å². The molecule has 2 aromatic rings. The van der Waals surface area contributed by atoms with Gasteiger partial charge >= 0.3 is 0 Å². The van der Waals surface area contributed by atoms with Gasteiger partial charge in [-0.3, -0.25) is 0 Å². The Labute approximate surface area is 114 Å². The molecular weight excluding hydrogens is 238 g/mol. The normalized spacial score (nSPS) is 10.7. The van der Waals surface area contributed by atoms with Crippen LogP contribution in [0.2, 0.25) is 0 Å². The standard InChI is InChI=1S/C16H21NO2/c1-4-9-17-11-14-6-8-16(19-14)15-7-5-13(18-3)10-12(15)2/h5-8,10,17H,4,9,11H2,1-3H3. The molecule has 3 nitrogen and oxygen atoms in total. The van der Waals surface area contributed by atoms with Crippen molar-refractivity contribution in [3.63, 3.8) is 0 Å². The highest BCUT2D eigenvalue weighted by Gasteiger charge is 2.08. The molecule has 1 heterocycles. The Hall–Kier alpha value is -1.74. The Morgan fingerprint density at radius 1 is 1.21 bits per heavy atom. The molecule has 0 saturated carbocycles. The van der Waals surface area contributed by atoms with Gasteiger partial charge in [0.15, 0.2) is 0 Å². The molecular formula is C16H21NO2. The fraction of sp³-hybridized carbons (Fsp3) is 0.375. The van der Waals surface area contributed by atoms with E-state index in [1.54, 1.807) is 7.11 Å². The molecule has 0 saturated heterocycles. The van der Waals surface area contributed by atoms with E-state index in [1.165, 1.54) is 0 Å². The number of benzene rings is 1. The summed E-state index contributed by atoms with van der Waals surface area (Å²) in [6.45, 7) is 6.01. The zero-order valence-corrected chi connectivity index (χ0v) is 11.8. The van der Waals surface area contributed by atoms with Crippen molar-refractivity contribution in [2.45, 2.75) is 26.8 Å². The van der Waals surface area contributed by atoms with Gasteiger partial charge in [0.25, 0.3) is 0 Å². The second-order valence-corrected chi connectivity index (χ2v) is 4.62. The Balaban J connectivity index is 2.13. The first-order valence-corrected chi connectivity index (χ1v) is 6.69. The maximum absolute atomic E-state index is 5.87. The van der Waals surface area contributed by atoms with Gasteiger partial charge in [-0.15, -0.1) is 0 Å². The molecule has 19 heavy (non-hydrogen) atoms. The highest BCUT2D eigenvalue weighted by molar-refractivity contribution is 5.63. The Morgan fingerprint density at radius 3 is 2.74 bits per heavy atom. The van der Waals surface area contributed by atoms with Crippen LogP contribution in [0.4, 0.5) is 0 Å². The first-order valence-electron chi connectivity index (χ1n) is 6.69. The van der Waals surface area contributed by atoms with E-state index < -0.39 is 0 Å². The smallest absolute Gasteiger partial charge is 0.134 e. The lowest BCUT2D eigenvalue weighted by atomic mass is 10.1. The van der Waals surface area contributed by atoms with Crippen LogP contribution in [0.3, 0.4) is 0 Å². The summed E-state index contributed by atoms with van der Waals surface area (Å²) in [6, 6.07) is 10.1. The fourth-order valence-electron chi connectivity index (χ4n) is 2.05. The molecule has 0 bridgehead atoms. The van der Waals surface area contributed by atoms with Gasteiger partial charge in [0.1, 0.15) is 17.3 Å². The Kier molecular flexibility index (Phi) is 4.63. The van der Waals surface area contributed by atoms with Crippen molar-refractivity contribution >= 4 is 0 Å². The van der Waals surface area contributed by atoms with Crippen LogP contribution in [0.1, 0.15) is 24.7 Å². The van der Waals surface area contributed by atoms with E-state index in [-0.39, 0.29) is 0 Å². The van der Waals surface area contributed by atoms with Crippen molar-refractivity contribution in [3.8, 4) is 17.1 Å². The van der Waals surface area contributed by atoms with E-state index in [4.69, 9.17) is 9.15 Å². The summed E-state index contributed by atoms with van der Waals surface area (Å²) in [5, 5.41) is 3.34. The van der Waals surface area contributed by atoms with Crippen LogP contribution in [0.25, 0.3) is 11.3 Å². The van der Waals surface area contributed by atoms with Crippen LogP contribution < -0.4 is 10.1 Å². The van der Waals surface area contributed by atoms with Crippen LogP contribution in [0.5, 0.6) is 5.75 Å². The molecule has 1 N–H and O–H groups in total. The number of rotatable bonds is 6. The number of nitrogens with one attached hydrogen (secondary N) is 1. The Bertz CT molecular complexity index is 531. The number of aryl methyl sites for hydroxylation is 1. The maximum atomic E-state index is 5.87. The molecule has 0 amide bonds. The molecule has 1 aromatic heterocycles. The summed E-state index contributed by atoms with van der Waals surface area (Å²) in [6.07, 6.45) is 1.13. The molecule has 2 rings (SSSR count). The minimum atomic E-state index is 0.781. The highest BCUT2D eigenvalue weighted by Crippen LogP contribution is 2.28. The van der Waals surface area contributed by atoms with Gasteiger partial charge in [0.05, 0.1) is 13.7 Å². The third-order valence-electron chi connectivity index (χ3n) is 3.09. The molecule has 0 unspecified atom stereocenters. The van der Waals surface area contributed by atoms with Crippen molar-refractivity contribution in [1.29, 1.82) is 0 Å². The predicted octanol–water partition coefficient (Wildman–Crippen LogP) is 3.76. The van der Waals surface area contributed by atoms with Crippen molar-refractivity contribution < 1.29 is 9.15 Å². The van der Waals surface area contributed by atoms with Gasteiger partial charge in [-0.25, -0.2) is 0 Å². The summed E-state index contributed by atoms with van der Waals surface area (Å²) in [5.41, 5.74) is 2.27. The first kappa shape index (κ1) is 13.7. The van der Waals surface area contributed by atoms with Crippen molar-refractivity contribution in [1.82, 2.24) is 5.32 Å². The van der Waals surface area contributed by atoms with Crippen molar-refractivity contribution in [2.75, 3.05) is 13.7 Å². The zero-order chi connectivity index (χ0) is 13.7. The fourth-order valence-corrected chi connectivity index (χ4v) is 2.05. The molecule has 3 heteroatoms. The summed E-state index contributed by atoms with van der Waals surface area (Å²) >= 11 is 0. The van der Waals surface area contributed by atoms with Gasteiger partial charge in [0, 0.05) is 5.56 Å². The van der Waals surface area contributed by atoms with Gasteiger partial charge in [0.2, 0.25) is 0 Å². The SMILES string of the molecule is CCCNCc1ccc(-c2ccc(OC)cc2C)o1. The van der Waals surface area contributed by atoms with Gasteiger partial charge in [-0.05, 0) is 55.8 Å². The molecule has 0 spiro atoms.